The predicted octanol–water partition coefficient (Wildman–Crippen LogP) is 4.39. The lowest BCUT2D eigenvalue weighted by Gasteiger charge is -2.30. The Bertz CT molecular complexity index is 1090. The maximum atomic E-state index is 11.4. The van der Waals surface area contributed by atoms with Crippen molar-refractivity contribution >= 4 is 38.9 Å². The summed E-state index contributed by atoms with van der Waals surface area (Å²) in [6.45, 7) is 0. The SMILES string of the molecule is O=C(O)CCC1(CCC(=O)O)c2ccccc2-c2nc3ccc(Br)cc3nc21. The van der Waals surface area contributed by atoms with Crippen LogP contribution >= 0.6 is 15.9 Å². The Kier molecular flexibility index (Phi) is 4.63. The summed E-state index contributed by atoms with van der Waals surface area (Å²) in [5.41, 5.74) is 3.82. The molecular formula is C21H17BrN2O4. The van der Waals surface area contributed by atoms with E-state index in [-0.39, 0.29) is 25.7 Å². The fourth-order valence-electron chi connectivity index (χ4n) is 4.06. The topological polar surface area (TPSA) is 100 Å². The Balaban J connectivity index is 1.98. The number of nitrogens with zero attached hydrogens (tertiary/aromatic N) is 2. The second kappa shape index (κ2) is 6.98. The zero-order valence-corrected chi connectivity index (χ0v) is 16.4. The van der Waals surface area contributed by atoms with Gasteiger partial charge in [0.25, 0.3) is 0 Å². The summed E-state index contributed by atoms with van der Waals surface area (Å²) in [7, 11) is 0. The van der Waals surface area contributed by atoms with Crippen LogP contribution in [0.4, 0.5) is 0 Å². The van der Waals surface area contributed by atoms with Gasteiger partial charge in [0.2, 0.25) is 0 Å². The lowest BCUT2D eigenvalue weighted by atomic mass is 9.73. The Hall–Kier alpha value is -2.80. The van der Waals surface area contributed by atoms with Gasteiger partial charge in [0.15, 0.2) is 0 Å². The van der Waals surface area contributed by atoms with Gasteiger partial charge in [-0.15, -0.1) is 0 Å². The number of carboxylic acids is 2. The lowest BCUT2D eigenvalue weighted by Crippen LogP contribution is -2.28. The Morgan fingerprint density at radius 3 is 2.29 bits per heavy atom. The molecule has 0 unspecified atom stereocenters. The third kappa shape index (κ3) is 3.05. The molecule has 0 saturated heterocycles. The van der Waals surface area contributed by atoms with Gasteiger partial charge < -0.3 is 10.2 Å². The van der Waals surface area contributed by atoms with E-state index in [9.17, 15) is 19.8 Å². The maximum absolute atomic E-state index is 11.4. The van der Waals surface area contributed by atoms with Crippen molar-refractivity contribution in [1.29, 1.82) is 0 Å². The van der Waals surface area contributed by atoms with Crippen LogP contribution in [-0.2, 0) is 15.0 Å². The van der Waals surface area contributed by atoms with Gasteiger partial charge in [-0.3, -0.25) is 9.59 Å². The standard InChI is InChI=1S/C21H17BrN2O4/c22-12-5-6-15-16(11-12)24-20-19(23-15)13-3-1-2-4-14(13)21(20,9-7-17(25)26)10-8-18(27)28/h1-6,11H,7-10H2,(H,25,26)(H,27,28). The first kappa shape index (κ1) is 18.6. The molecule has 4 rings (SSSR count). The first-order chi connectivity index (χ1) is 13.4. The molecule has 6 nitrogen and oxygen atoms in total. The summed E-state index contributed by atoms with van der Waals surface area (Å²) in [5, 5.41) is 18.6. The molecule has 2 N–H and O–H groups in total. The molecule has 0 aliphatic heterocycles. The first-order valence-corrected chi connectivity index (χ1v) is 9.71. The molecule has 0 saturated carbocycles. The van der Waals surface area contributed by atoms with Crippen molar-refractivity contribution in [2.24, 2.45) is 0 Å². The molecule has 1 aliphatic rings. The number of benzene rings is 2. The fraction of sp³-hybridized carbons (Fsp3) is 0.238. The van der Waals surface area contributed by atoms with Crippen molar-refractivity contribution < 1.29 is 19.8 Å². The third-order valence-corrected chi connectivity index (χ3v) is 5.80. The van der Waals surface area contributed by atoms with Crippen LogP contribution in [0, 0.1) is 0 Å². The third-order valence-electron chi connectivity index (χ3n) is 5.31. The molecular weight excluding hydrogens is 424 g/mol. The van der Waals surface area contributed by atoms with Crippen LogP contribution in [0.3, 0.4) is 0 Å². The number of hydrogen-bond acceptors (Lipinski definition) is 4. The summed E-state index contributed by atoms with van der Waals surface area (Å²) in [6.07, 6.45) is 0.388. The van der Waals surface area contributed by atoms with Gasteiger partial charge in [-0.05, 0) is 36.6 Å². The second-order valence-electron chi connectivity index (χ2n) is 6.97. The highest BCUT2D eigenvalue weighted by Crippen LogP contribution is 2.52. The number of rotatable bonds is 6. The van der Waals surface area contributed by atoms with Crippen molar-refractivity contribution in [2.45, 2.75) is 31.1 Å². The summed E-state index contributed by atoms with van der Waals surface area (Å²) >= 11 is 3.45. The number of hydrogen-bond donors (Lipinski definition) is 2. The molecule has 2 aromatic carbocycles. The highest BCUT2D eigenvalue weighted by atomic mass is 79.9. The van der Waals surface area contributed by atoms with E-state index in [0.717, 1.165) is 21.1 Å². The van der Waals surface area contributed by atoms with Gasteiger partial charge in [-0.2, -0.15) is 0 Å². The van der Waals surface area contributed by atoms with E-state index in [0.29, 0.717) is 16.9 Å². The van der Waals surface area contributed by atoms with Crippen LogP contribution in [0.2, 0.25) is 0 Å². The molecule has 1 aliphatic carbocycles. The summed E-state index contributed by atoms with van der Waals surface area (Å²) < 4.78 is 0.867. The van der Waals surface area contributed by atoms with E-state index in [1.165, 1.54) is 0 Å². The number of halogens is 1. The van der Waals surface area contributed by atoms with Crippen LogP contribution in [-0.4, -0.2) is 32.1 Å². The van der Waals surface area contributed by atoms with Gasteiger partial charge in [0.1, 0.15) is 0 Å². The minimum absolute atomic E-state index is 0.0778. The van der Waals surface area contributed by atoms with Gasteiger partial charge >= 0.3 is 11.9 Å². The number of aromatic nitrogens is 2. The summed E-state index contributed by atoms with van der Waals surface area (Å²) in [5.74, 6) is -1.84. The minimum Gasteiger partial charge on any atom is -0.481 e. The number of aliphatic carboxylic acids is 2. The number of carbonyl (C=O) groups is 2. The van der Waals surface area contributed by atoms with Gasteiger partial charge in [0.05, 0.1) is 22.4 Å². The predicted molar refractivity (Wildman–Crippen MR) is 107 cm³/mol. The Morgan fingerprint density at radius 1 is 0.929 bits per heavy atom. The number of fused-ring (bicyclic) bond motifs is 4. The van der Waals surface area contributed by atoms with Crippen molar-refractivity contribution in [1.82, 2.24) is 9.97 Å². The monoisotopic (exact) mass is 440 g/mol. The normalized spacial score (nSPS) is 13.9. The minimum atomic E-state index is -0.919. The molecule has 0 spiro atoms. The lowest BCUT2D eigenvalue weighted by molar-refractivity contribution is -0.137. The van der Waals surface area contributed by atoms with E-state index < -0.39 is 17.4 Å². The van der Waals surface area contributed by atoms with Crippen LogP contribution in [0.15, 0.2) is 46.9 Å². The van der Waals surface area contributed by atoms with Crippen molar-refractivity contribution in [3.63, 3.8) is 0 Å². The van der Waals surface area contributed by atoms with Crippen molar-refractivity contribution in [3.8, 4) is 11.3 Å². The molecule has 142 valence electrons. The number of carboxylic acid groups (broad SMARTS) is 2. The average Bonchev–Trinajstić information content (AvgIpc) is 2.93. The molecule has 28 heavy (non-hydrogen) atoms. The molecule has 0 bridgehead atoms. The van der Waals surface area contributed by atoms with E-state index in [4.69, 9.17) is 9.97 Å². The van der Waals surface area contributed by atoms with Gasteiger partial charge in [-0.1, -0.05) is 40.2 Å². The smallest absolute Gasteiger partial charge is 0.303 e. The highest BCUT2D eigenvalue weighted by molar-refractivity contribution is 9.10. The zero-order valence-electron chi connectivity index (χ0n) is 14.9. The quantitative estimate of drug-likeness (QED) is 0.589. The van der Waals surface area contributed by atoms with E-state index in [2.05, 4.69) is 15.9 Å². The van der Waals surface area contributed by atoms with Crippen LogP contribution < -0.4 is 0 Å². The zero-order chi connectivity index (χ0) is 19.9. The summed E-state index contributed by atoms with van der Waals surface area (Å²) in [4.78, 5) is 32.4. The van der Waals surface area contributed by atoms with Crippen molar-refractivity contribution in [3.05, 3.63) is 58.2 Å². The average molecular weight is 441 g/mol. The Labute approximate surface area is 169 Å². The molecule has 3 aromatic rings. The molecule has 1 aromatic heterocycles. The molecule has 0 fully saturated rings. The fourth-order valence-corrected chi connectivity index (χ4v) is 4.40. The molecule has 0 amide bonds. The van der Waals surface area contributed by atoms with Crippen molar-refractivity contribution in [2.75, 3.05) is 0 Å². The molecule has 1 heterocycles. The van der Waals surface area contributed by atoms with E-state index in [1.807, 2.05) is 42.5 Å². The van der Waals surface area contributed by atoms with Gasteiger partial charge in [0, 0.05) is 28.3 Å². The van der Waals surface area contributed by atoms with Crippen LogP contribution in [0.25, 0.3) is 22.3 Å². The van der Waals surface area contributed by atoms with E-state index >= 15 is 0 Å². The van der Waals surface area contributed by atoms with Gasteiger partial charge in [-0.25, -0.2) is 9.97 Å². The molecule has 7 heteroatoms. The first-order valence-electron chi connectivity index (χ1n) is 8.92. The largest absolute Gasteiger partial charge is 0.481 e. The highest BCUT2D eigenvalue weighted by Gasteiger charge is 2.45. The molecule has 0 radical (unpaired) electrons. The van der Waals surface area contributed by atoms with E-state index in [1.54, 1.807) is 0 Å². The Morgan fingerprint density at radius 2 is 1.61 bits per heavy atom. The maximum Gasteiger partial charge on any atom is 0.303 e. The van der Waals surface area contributed by atoms with Crippen LogP contribution in [0.1, 0.15) is 36.9 Å². The second-order valence-corrected chi connectivity index (χ2v) is 7.88. The molecule has 0 atom stereocenters. The summed E-state index contributed by atoms with van der Waals surface area (Å²) in [6, 6.07) is 13.3. The van der Waals surface area contributed by atoms with Crippen LogP contribution in [0.5, 0.6) is 0 Å².